The van der Waals surface area contributed by atoms with Crippen LogP contribution in [0.3, 0.4) is 0 Å². The maximum atomic E-state index is 6.57. The molecular weight excluding hydrogens is 367 g/mol. The summed E-state index contributed by atoms with van der Waals surface area (Å²) in [5.74, 6) is 0. The highest BCUT2D eigenvalue weighted by Gasteiger charge is 2.30. The molecule has 2 aromatic rings. The average Bonchev–Trinajstić information content (AvgIpc) is 2.68. The van der Waals surface area contributed by atoms with Gasteiger partial charge in [-0.2, -0.15) is 0 Å². The molecule has 2 aromatic carbocycles. The highest BCUT2D eigenvalue weighted by molar-refractivity contribution is 6.31. The molecule has 2 aliphatic heterocycles. The molecule has 0 aliphatic carbocycles. The van der Waals surface area contributed by atoms with Crippen molar-refractivity contribution in [3.05, 3.63) is 70.2 Å². The van der Waals surface area contributed by atoms with E-state index < -0.39 is 0 Å². The van der Waals surface area contributed by atoms with Crippen LogP contribution in [-0.4, -0.2) is 37.7 Å². The van der Waals surface area contributed by atoms with Crippen molar-refractivity contribution in [3.8, 4) is 0 Å². The van der Waals surface area contributed by atoms with Gasteiger partial charge in [-0.15, -0.1) is 12.4 Å². The van der Waals surface area contributed by atoms with Crippen LogP contribution < -0.4 is 5.32 Å². The highest BCUT2D eigenvalue weighted by atomic mass is 35.5. The summed E-state index contributed by atoms with van der Waals surface area (Å²) < 4.78 is 6.20. The fourth-order valence-corrected chi connectivity index (χ4v) is 4.35. The van der Waals surface area contributed by atoms with Gasteiger partial charge in [-0.25, -0.2) is 0 Å². The third-order valence-corrected chi connectivity index (χ3v) is 5.73. The van der Waals surface area contributed by atoms with E-state index in [1.165, 1.54) is 16.7 Å². The molecule has 0 radical (unpaired) electrons. The van der Waals surface area contributed by atoms with Gasteiger partial charge in [0.15, 0.2) is 0 Å². The van der Waals surface area contributed by atoms with E-state index in [1.54, 1.807) is 0 Å². The Kier molecular flexibility index (Phi) is 6.96. The number of hydrogen-bond donors (Lipinski definition) is 1. The Bertz CT molecular complexity index is 719. The van der Waals surface area contributed by atoms with Gasteiger partial charge in [0.05, 0.1) is 12.7 Å². The summed E-state index contributed by atoms with van der Waals surface area (Å²) in [5, 5.41) is 4.31. The molecule has 0 aromatic heterocycles. The van der Waals surface area contributed by atoms with Crippen LogP contribution in [0, 0.1) is 0 Å². The minimum Gasteiger partial charge on any atom is -0.373 e. The Labute approximate surface area is 167 Å². The zero-order valence-electron chi connectivity index (χ0n) is 14.9. The van der Waals surface area contributed by atoms with E-state index in [0.717, 1.165) is 50.7 Å². The first kappa shape index (κ1) is 19.7. The molecule has 1 fully saturated rings. The molecule has 0 saturated carbocycles. The highest BCUT2D eigenvalue weighted by Crippen LogP contribution is 2.39. The number of benzene rings is 2. The molecule has 2 atom stereocenters. The fourth-order valence-electron chi connectivity index (χ4n) is 4.09. The molecule has 0 spiro atoms. The smallest absolute Gasteiger partial charge is 0.0846 e. The Hall–Kier alpha value is -1.10. The Balaban J connectivity index is 0.00000196. The topological polar surface area (TPSA) is 24.5 Å². The van der Waals surface area contributed by atoms with E-state index >= 15 is 0 Å². The molecule has 1 saturated heterocycles. The molecule has 0 amide bonds. The van der Waals surface area contributed by atoms with Crippen molar-refractivity contribution in [2.24, 2.45) is 0 Å². The summed E-state index contributed by atoms with van der Waals surface area (Å²) >= 11 is 6.57. The first-order valence-corrected chi connectivity index (χ1v) is 9.59. The van der Waals surface area contributed by atoms with Gasteiger partial charge < -0.3 is 10.1 Å². The van der Waals surface area contributed by atoms with Crippen LogP contribution in [0.2, 0.25) is 5.02 Å². The van der Waals surface area contributed by atoms with Crippen LogP contribution in [0.15, 0.2) is 48.5 Å². The van der Waals surface area contributed by atoms with Gasteiger partial charge in [0.2, 0.25) is 0 Å². The first-order chi connectivity index (χ1) is 12.3. The van der Waals surface area contributed by atoms with E-state index in [1.807, 2.05) is 12.1 Å². The summed E-state index contributed by atoms with van der Waals surface area (Å²) in [7, 11) is 0. The lowest BCUT2D eigenvalue weighted by atomic mass is 9.90. The molecule has 0 bridgehead atoms. The van der Waals surface area contributed by atoms with Gasteiger partial charge in [0.25, 0.3) is 0 Å². The molecule has 3 nitrogen and oxygen atoms in total. The van der Waals surface area contributed by atoms with E-state index in [9.17, 15) is 0 Å². The van der Waals surface area contributed by atoms with Gasteiger partial charge in [-0.05, 0) is 35.6 Å². The largest absolute Gasteiger partial charge is 0.373 e. The second-order valence-electron chi connectivity index (χ2n) is 6.87. The maximum absolute atomic E-state index is 6.57. The van der Waals surface area contributed by atoms with Gasteiger partial charge >= 0.3 is 0 Å². The van der Waals surface area contributed by atoms with Crippen molar-refractivity contribution in [2.45, 2.75) is 25.0 Å². The number of nitrogens with one attached hydrogen (secondary N) is 1. The van der Waals surface area contributed by atoms with E-state index in [2.05, 4.69) is 46.6 Å². The van der Waals surface area contributed by atoms with Crippen molar-refractivity contribution in [1.82, 2.24) is 10.2 Å². The number of fused-ring (bicyclic) bond motifs is 1. The summed E-state index contributed by atoms with van der Waals surface area (Å²) in [4.78, 5) is 2.55. The lowest BCUT2D eigenvalue weighted by molar-refractivity contribution is 0.0119. The second-order valence-corrected chi connectivity index (χ2v) is 7.27. The Morgan fingerprint density at radius 3 is 2.62 bits per heavy atom. The molecule has 140 valence electrons. The molecule has 2 heterocycles. The van der Waals surface area contributed by atoms with Crippen molar-refractivity contribution in [2.75, 3.05) is 32.8 Å². The third kappa shape index (κ3) is 4.24. The molecular formula is C21H26Cl2N2O. The molecule has 1 N–H and O–H groups in total. The molecule has 4 rings (SSSR count). The summed E-state index contributed by atoms with van der Waals surface area (Å²) in [6.45, 7) is 4.96. The lowest BCUT2D eigenvalue weighted by Crippen LogP contribution is -2.45. The zero-order chi connectivity index (χ0) is 17.1. The van der Waals surface area contributed by atoms with Crippen molar-refractivity contribution < 1.29 is 4.74 Å². The van der Waals surface area contributed by atoms with Gasteiger partial charge in [-0.1, -0.05) is 54.1 Å². The minimum atomic E-state index is 0. The predicted octanol–water partition coefficient (Wildman–Crippen LogP) is 4.41. The maximum Gasteiger partial charge on any atom is 0.0846 e. The number of rotatable bonds is 4. The van der Waals surface area contributed by atoms with Crippen LogP contribution in [0.5, 0.6) is 0 Å². The normalized spacial score (nSPS) is 21.5. The fraction of sp³-hybridized carbons (Fsp3) is 0.429. The minimum absolute atomic E-state index is 0. The van der Waals surface area contributed by atoms with Crippen LogP contribution in [0.25, 0.3) is 0 Å². The van der Waals surface area contributed by atoms with Gasteiger partial charge in [0.1, 0.15) is 0 Å². The third-order valence-electron chi connectivity index (χ3n) is 5.39. The Morgan fingerprint density at radius 2 is 1.81 bits per heavy atom. The van der Waals surface area contributed by atoms with Crippen molar-refractivity contribution in [1.29, 1.82) is 0 Å². The van der Waals surface area contributed by atoms with E-state index in [-0.39, 0.29) is 24.6 Å². The van der Waals surface area contributed by atoms with Crippen LogP contribution in [0.4, 0.5) is 0 Å². The number of halogens is 2. The van der Waals surface area contributed by atoms with Crippen LogP contribution in [-0.2, 0) is 11.2 Å². The number of nitrogens with zero attached hydrogens (tertiary/aromatic N) is 1. The first-order valence-electron chi connectivity index (χ1n) is 9.21. The van der Waals surface area contributed by atoms with E-state index in [4.69, 9.17) is 16.3 Å². The second kappa shape index (κ2) is 9.20. The van der Waals surface area contributed by atoms with E-state index in [0.29, 0.717) is 0 Å². The standard InChI is InChI=1S/C21H25ClN2O.ClH/c22-19-8-4-3-7-18(19)20(24-12-10-23-11-13-24)15-21-17-6-2-1-5-16(17)9-14-25-21;/h1-8,20-21,23H,9-15H2;1H. The molecule has 2 unspecified atom stereocenters. The number of hydrogen-bond acceptors (Lipinski definition) is 3. The monoisotopic (exact) mass is 392 g/mol. The van der Waals surface area contributed by atoms with Crippen LogP contribution in [0.1, 0.15) is 35.3 Å². The van der Waals surface area contributed by atoms with Crippen molar-refractivity contribution >= 4 is 24.0 Å². The predicted molar refractivity (Wildman–Crippen MR) is 109 cm³/mol. The Morgan fingerprint density at radius 1 is 1.08 bits per heavy atom. The number of ether oxygens (including phenoxy) is 1. The SMILES string of the molecule is Cl.Clc1ccccc1C(CC1OCCc2ccccc21)N1CCNCC1. The summed E-state index contributed by atoms with van der Waals surface area (Å²) in [6, 6.07) is 17.3. The van der Waals surface area contributed by atoms with Crippen LogP contribution >= 0.6 is 24.0 Å². The van der Waals surface area contributed by atoms with Gasteiger partial charge in [0, 0.05) is 37.2 Å². The molecule has 26 heavy (non-hydrogen) atoms. The number of piperazine rings is 1. The average molecular weight is 393 g/mol. The summed E-state index contributed by atoms with van der Waals surface area (Å²) in [6.07, 6.45) is 2.10. The lowest BCUT2D eigenvalue weighted by Gasteiger charge is -2.38. The van der Waals surface area contributed by atoms with Gasteiger partial charge in [-0.3, -0.25) is 4.90 Å². The molecule has 5 heteroatoms. The zero-order valence-corrected chi connectivity index (χ0v) is 16.4. The quantitative estimate of drug-likeness (QED) is 0.833. The molecule has 2 aliphatic rings. The van der Waals surface area contributed by atoms with Crippen molar-refractivity contribution in [3.63, 3.8) is 0 Å². The summed E-state index contributed by atoms with van der Waals surface area (Å²) in [5.41, 5.74) is 4.00.